The number of carbonyl (C=O) groups excluding carboxylic acids is 2. The predicted molar refractivity (Wildman–Crippen MR) is 112 cm³/mol. The number of unbranched alkanes of at least 4 members (excludes halogenated alkanes) is 1. The Labute approximate surface area is 169 Å². The third-order valence-corrected chi connectivity index (χ3v) is 4.93. The minimum absolute atomic E-state index is 0.0390. The lowest BCUT2D eigenvalue weighted by Crippen LogP contribution is -2.39. The molecule has 28 heavy (non-hydrogen) atoms. The molecule has 2 amide bonds. The number of ether oxygens (including phenoxy) is 1. The number of aromatic nitrogens is 1. The average molecular weight is 392 g/mol. The van der Waals surface area contributed by atoms with Gasteiger partial charge in [-0.2, -0.15) is 0 Å². The first-order chi connectivity index (χ1) is 13.1. The molecule has 0 fully saturated rings. The molecule has 0 saturated carbocycles. The average Bonchev–Trinajstić information content (AvgIpc) is 2.67. The van der Waals surface area contributed by atoms with Crippen LogP contribution in [0.2, 0.25) is 0 Å². The summed E-state index contributed by atoms with van der Waals surface area (Å²) in [5.74, 6) is 0.276. The van der Waals surface area contributed by atoms with Gasteiger partial charge in [-0.3, -0.25) is 9.59 Å². The highest BCUT2D eigenvalue weighted by Gasteiger charge is 2.23. The summed E-state index contributed by atoms with van der Waals surface area (Å²) in [4.78, 5) is 28.2. The van der Waals surface area contributed by atoms with Gasteiger partial charge in [0, 0.05) is 36.2 Å². The second-order valence-electron chi connectivity index (χ2n) is 8.70. The van der Waals surface area contributed by atoms with E-state index in [0.29, 0.717) is 31.1 Å². The van der Waals surface area contributed by atoms with Crippen molar-refractivity contribution < 1.29 is 14.3 Å². The van der Waals surface area contributed by atoms with Crippen molar-refractivity contribution >= 4 is 11.8 Å². The van der Waals surface area contributed by atoms with Crippen molar-refractivity contribution in [3.63, 3.8) is 0 Å². The predicted octanol–water partition coefficient (Wildman–Crippen LogP) is 3.96. The van der Waals surface area contributed by atoms with E-state index < -0.39 is 5.41 Å². The molecule has 0 saturated heterocycles. The van der Waals surface area contributed by atoms with Gasteiger partial charge in [0.05, 0.1) is 12.2 Å². The van der Waals surface area contributed by atoms with E-state index in [9.17, 15) is 9.59 Å². The minimum atomic E-state index is -0.436. The van der Waals surface area contributed by atoms with E-state index >= 15 is 0 Å². The molecule has 0 aliphatic rings. The molecule has 1 unspecified atom stereocenters. The summed E-state index contributed by atoms with van der Waals surface area (Å²) in [5, 5.41) is 5.58. The maximum absolute atomic E-state index is 12.2. The highest BCUT2D eigenvalue weighted by atomic mass is 16.5. The Morgan fingerprint density at radius 3 is 2.29 bits per heavy atom. The first-order valence-electron chi connectivity index (χ1n) is 10.3. The monoisotopic (exact) mass is 391 g/mol. The number of amides is 2. The van der Waals surface area contributed by atoms with Crippen LogP contribution in [0.15, 0.2) is 18.3 Å². The molecule has 2 N–H and O–H groups in total. The summed E-state index contributed by atoms with van der Waals surface area (Å²) in [5.41, 5.74) is 0.179. The highest BCUT2D eigenvalue weighted by molar-refractivity contribution is 5.93. The largest absolute Gasteiger partial charge is 0.477 e. The van der Waals surface area contributed by atoms with Crippen LogP contribution in [-0.2, 0) is 4.79 Å². The molecule has 0 bridgehead atoms. The van der Waals surface area contributed by atoms with E-state index in [2.05, 4.69) is 36.4 Å². The fourth-order valence-electron chi connectivity index (χ4n) is 2.52. The van der Waals surface area contributed by atoms with Crippen LogP contribution in [-0.4, -0.2) is 36.5 Å². The van der Waals surface area contributed by atoms with Crippen molar-refractivity contribution in [2.75, 3.05) is 19.7 Å². The van der Waals surface area contributed by atoms with Crippen molar-refractivity contribution in [3.8, 4) is 5.88 Å². The Morgan fingerprint density at radius 1 is 1.07 bits per heavy atom. The summed E-state index contributed by atoms with van der Waals surface area (Å²) in [6.07, 6.45) is 6.08. The van der Waals surface area contributed by atoms with E-state index in [0.717, 1.165) is 12.8 Å². The van der Waals surface area contributed by atoms with Crippen molar-refractivity contribution in [2.45, 2.75) is 67.2 Å². The van der Waals surface area contributed by atoms with E-state index in [1.807, 2.05) is 20.8 Å². The maximum Gasteiger partial charge on any atom is 0.252 e. The molecule has 1 aromatic heterocycles. The number of hydrogen-bond donors (Lipinski definition) is 2. The standard InChI is InChI=1S/C22H37N3O3/c1-7-9-12-22(6,8-2)16-28-18-11-10-17(15-25-18)19(26)23-13-14-24-20(27)21(3,4)5/h10-11,15H,7-9,12-14,16H2,1-6H3,(H,23,26)(H,24,27). The summed E-state index contributed by atoms with van der Waals surface area (Å²) >= 11 is 0. The molecule has 1 heterocycles. The van der Waals surface area contributed by atoms with Gasteiger partial charge in [-0.05, 0) is 18.9 Å². The second kappa shape index (κ2) is 11.0. The maximum atomic E-state index is 12.2. The molecule has 1 atom stereocenters. The fraction of sp³-hybridized carbons (Fsp3) is 0.682. The summed E-state index contributed by atoms with van der Waals surface area (Å²) in [6, 6.07) is 3.44. The molecule has 0 radical (unpaired) electrons. The molecular formula is C22H37N3O3. The topological polar surface area (TPSA) is 80.3 Å². The Kier molecular flexibility index (Phi) is 9.42. The summed E-state index contributed by atoms with van der Waals surface area (Å²) in [6.45, 7) is 13.5. The van der Waals surface area contributed by atoms with E-state index in [4.69, 9.17) is 4.74 Å². The molecule has 1 rings (SSSR count). The zero-order valence-corrected chi connectivity index (χ0v) is 18.4. The van der Waals surface area contributed by atoms with Crippen LogP contribution in [0.25, 0.3) is 0 Å². The molecule has 6 heteroatoms. The molecule has 0 aromatic carbocycles. The van der Waals surface area contributed by atoms with Gasteiger partial charge in [-0.15, -0.1) is 0 Å². The molecule has 6 nitrogen and oxygen atoms in total. The zero-order valence-electron chi connectivity index (χ0n) is 18.4. The van der Waals surface area contributed by atoms with Gasteiger partial charge >= 0.3 is 0 Å². The van der Waals surface area contributed by atoms with Crippen molar-refractivity contribution in [1.82, 2.24) is 15.6 Å². The van der Waals surface area contributed by atoms with Crippen LogP contribution in [0.5, 0.6) is 5.88 Å². The molecule has 1 aromatic rings. The normalized spacial score (nSPS) is 13.5. The summed E-state index contributed by atoms with van der Waals surface area (Å²) in [7, 11) is 0. The first kappa shape index (κ1) is 23.9. The van der Waals surface area contributed by atoms with E-state index in [1.165, 1.54) is 19.0 Å². The smallest absolute Gasteiger partial charge is 0.252 e. The second-order valence-corrected chi connectivity index (χ2v) is 8.70. The molecule has 0 aliphatic heterocycles. The first-order valence-corrected chi connectivity index (χ1v) is 10.3. The Bertz CT molecular complexity index is 623. The fourth-order valence-corrected chi connectivity index (χ4v) is 2.52. The van der Waals surface area contributed by atoms with Crippen LogP contribution < -0.4 is 15.4 Å². The molecule has 0 spiro atoms. The van der Waals surface area contributed by atoms with Crippen molar-refractivity contribution in [3.05, 3.63) is 23.9 Å². The van der Waals surface area contributed by atoms with Crippen molar-refractivity contribution in [1.29, 1.82) is 0 Å². The Balaban J connectivity index is 2.44. The van der Waals surface area contributed by atoms with E-state index in [1.54, 1.807) is 12.1 Å². The van der Waals surface area contributed by atoms with Crippen LogP contribution >= 0.6 is 0 Å². The SMILES string of the molecule is CCCCC(C)(CC)COc1ccc(C(=O)NCCNC(=O)C(C)(C)C)cn1. The Hall–Kier alpha value is -2.11. The van der Waals surface area contributed by atoms with Gasteiger partial charge in [0.15, 0.2) is 0 Å². The lowest BCUT2D eigenvalue weighted by molar-refractivity contribution is -0.128. The number of carbonyl (C=O) groups is 2. The van der Waals surface area contributed by atoms with E-state index in [-0.39, 0.29) is 17.2 Å². The number of pyridine rings is 1. The van der Waals surface area contributed by atoms with Gasteiger partial charge in [-0.25, -0.2) is 4.98 Å². The zero-order chi connectivity index (χ0) is 21.2. The van der Waals surface area contributed by atoms with Gasteiger partial charge < -0.3 is 15.4 Å². The molecule has 0 aliphatic carbocycles. The van der Waals surface area contributed by atoms with Crippen molar-refractivity contribution in [2.24, 2.45) is 10.8 Å². The number of rotatable bonds is 11. The van der Waals surface area contributed by atoms with Gasteiger partial charge in [-0.1, -0.05) is 54.4 Å². The van der Waals surface area contributed by atoms with Crippen LogP contribution in [0.3, 0.4) is 0 Å². The number of nitrogens with zero attached hydrogens (tertiary/aromatic N) is 1. The molecular weight excluding hydrogens is 354 g/mol. The lowest BCUT2D eigenvalue weighted by Gasteiger charge is -2.27. The van der Waals surface area contributed by atoms with Crippen LogP contribution in [0.1, 0.15) is 77.6 Å². The quantitative estimate of drug-likeness (QED) is 0.560. The number of nitrogens with one attached hydrogen (secondary N) is 2. The number of hydrogen-bond acceptors (Lipinski definition) is 4. The van der Waals surface area contributed by atoms with Gasteiger partial charge in [0.2, 0.25) is 11.8 Å². The highest BCUT2D eigenvalue weighted by Crippen LogP contribution is 2.28. The lowest BCUT2D eigenvalue weighted by atomic mass is 9.83. The Morgan fingerprint density at radius 2 is 1.75 bits per heavy atom. The van der Waals surface area contributed by atoms with Gasteiger partial charge in [0.25, 0.3) is 5.91 Å². The third kappa shape index (κ3) is 8.28. The van der Waals surface area contributed by atoms with Gasteiger partial charge in [0.1, 0.15) is 0 Å². The summed E-state index contributed by atoms with van der Waals surface area (Å²) < 4.78 is 5.86. The van der Waals surface area contributed by atoms with Crippen LogP contribution in [0.4, 0.5) is 0 Å². The minimum Gasteiger partial charge on any atom is -0.477 e. The third-order valence-electron chi connectivity index (χ3n) is 4.93. The molecule has 158 valence electrons. The van der Waals surface area contributed by atoms with Crippen LogP contribution in [0, 0.1) is 10.8 Å².